The van der Waals surface area contributed by atoms with Crippen molar-refractivity contribution >= 4 is 11.6 Å². The number of hydrogen-bond donors (Lipinski definition) is 1. The van der Waals surface area contributed by atoms with Crippen LogP contribution in [-0.2, 0) is 24.2 Å². The largest absolute Gasteiger partial charge is 0.334 e. The van der Waals surface area contributed by atoms with Crippen LogP contribution in [-0.4, -0.2) is 35.2 Å². The van der Waals surface area contributed by atoms with E-state index in [-0.39, 0.29) is 12.3 Å². The minimum absolute atomic E-state index is 0.0858. The van der Waals surface area contributed by atoms with Gasteiger partial charge in [-0.05, 0) is 58.7 Å². The Bertz CT molecular complexity index is 1320. The van der Waals surface area contributed by atoms with E-state index in [4.69, 9.17) is 4.98 Å². The molecule has 8 nitrogen and oxygen atoms in total. The van der Waals surface area contributed by atoms with Crippen LogP contribution in [0.4, 0.5) is 5.69 Å². The summed E-state index contributed by atoms with van der Waals surface area (Å²) in [6.07, 6.45) is 5.82. The first-order valence-electron chi connectivity index (χ1n) is 11.7. The van der Waals surface area contributed by atoms with E-state index >= 15 is 0 Å². The van der Waals surface area contributed by atoms with Gasteiger partial charge in [-0.2, -0.15) is 5.10 Å². The predicted molar refractivity (Wildman–Crippen MR) is 131 cm³/mol. The number of amides is 1. The third-order valence-electron chi connectivity index (χ3n) is 6.31. The summed E-state index contributed by atoms with van der Waals surface area (Å²) in [7, 11) is 0. The molecule has 1 aliphatic heterocycles. The highest BCUT2D eigenvalue weighted by Crippen LogP contribution is 2.24. The van der Waals surface area contributed by atoms with Crippen molar-refractivity contribution in [3.63, 3.8) is 0 Å². The quantitative estimate of drug-likeness (QED) is 0.485. The normalized spacial score (nSPS) is 13.1. The molecule has 1 aliphatic rings. The molecule has 8 heteroatoms. The van der Waals surface area contributed by atoms with Crippen LogP contribution in [0.2, 0.25) is 0 Å². The Balaban J connectivity index is 1.29. The molecule has 0 atom stereocenters. The number of nitrogens with zero attached hydrogens (tertiary/aromatic N) is 6. The number of carbonyl (C=O) groups is 1. The van der Waals surface area contributed by atoms with Gasteiger partial charge in [0.1, 0.15) is 5.82 Å². The number of fused-ring (bicyclic) bond motifs is 1. The molecule has 1 amide bonds. The lowest BCUT2D eigenvalue weighted by atomic mass is 10.1. The third-order valence-corrected chi connectivity index (χ3v) is 6.31. The molecule has 4 heterocycles. The highest BCUT2D eigenvalue weighted by atomic mass is 16.1. The second-order valence-corrected chi connectivity index (χ2v) is 9.01. The van der Waals surface area contributed by atoms with Crippen molar-refractivity contribution in [2.75, 3.05) is 5.32 Å². The van der Waals surface area contributed by atoms with Gasteiger partial charge in [0.05, 0.1) is 17.8 Å². The Kier molecular flexibility index (Phi) is 5.73. The molecule has 0 saturated heterocycles. The standard InChI is InChI=1S/C26H29N7O/c1-16-13-17(2)28-26(27-16)33-19(4)22(18(3)31-33)14-25(34)29-21-10-8-20(9-11-21)23-15-32-12-6-5-7-24(32)30-23/h8-11,13,15H,5-7,12,14H2,1-4H3,(H,29,34). The Morgan fingerprint density at radius 3 is 2.44 bits per heavy atom. The second kappa shape index (κ2) is 8.85. The average molecular weight is 456 g/mol. The number of benzene rings is 1. The van der Waals surface area contributed by atoms with Gasteiger partial charge >= 0.3 is 0 Å². The van der Waals surface area contributed by atoms with E-state index in [0.29, 0.717) is 5.95 Å². The molecule has 1 aromatic carbocycles. The minimum Gasteiger partial charge on any atom is -0.334 e. The van der Waals surface area contributed by atoms with Crippen molar-refractivity contribution in [3.05, 3.63) is 70.7 Å². The monoisotopic (exact) mass is 455 g/mol. The van der Waals surface area contributed by atoms with Crippen LogP contribution in [0, 0.1) is 27.7 Å². The first kappa shape index (κ1) is 22.0. The maximum atomic E-state index is 12.8. The molecule has 0 spiro atoms. The second-order valence-electron chi connectivity index (χ2n) is 9.01. The molecule has 5 rings (SSSR count). The highest BCUT2D eigenvalue weighted by Gasteiger charge is 2.18. The van der Waals surface area contributed by atoms with Crippen LogP contribution in [0.1, 0.15) is 47.0 Å². The van der Waals surface area contributed by atoms with Gasteiger partial charge in [0.25, 0.3) is 5.95 Å². The van der Waals surface area contributed by atoms with E-state index in [0.717, 1.165) is 64.1 Å². The van der Waals surface area contributed by atoms with Crippen molar-refractivity contribution in [2.24, 2.45) is 0 Å². The summed E-state index contributed by atoms with van der Waals surface area (Å²) in [6, 6.07) is 9.80. The molecular formula is C26H29N7O. The molecule has 3 aromatic heterocycles. The Morgan fingerprint density at radius 1 is 1.00 bits per heavy atom. The van der Waals surface area contributed by atoms with Gasteiger partial charge in [-0.25, -0.2) is 19.6 Å². The van der Waals surface area contributed by atoms with Gasteiger partial charge in [0, 0.05) is 53.1 Å². The van der Waals surface area contributed by atoms with Crippen LogP contribution >= 0.6 is 0 Å². The van der Waals surface area contributed by atoms with E-state index in [9.17, 15) is 4.79 Å². The number of anilines is 1. The number of imidazole rings is 1. The van der Waals surface area contributed by atoms with E-state index in [1.54, 1.807) is 4.68 Å². The smallest absolute Gasteiger partial charge is 0.251 e. The van der Waals surface area contributed by atoms with Crippen LogP contribution in [0.3, 0.4) is 0 Å². The van der Waals surface area contributed by atoms with Gasteiger partial charge in [-0.15, -0.1) is 0 Å². The lowest BCUT2D eigenvalue weighted by Crippen LogP contribution is -2.15. The SMILES string of the molecule is Cc1cc(C)nc(-n2nc(C)c(CC(=O)Nc3ccc(-c4cn5c(n4)CCCC5)cc3)c2C)n1. The Morgan fingerprint density at radius 2 is 1.74 bits per heavy atom. The van der Waals surface area contributed by atoms with Gasteiger partial charge in [0.15, 0.2) is 0 Å². The van der Waals surface area contributed by atoms with Gasteiger partial charge in [0.2, 0.25) is 5.91 Å². The minimum atomic E-state index is -0.0858. The van der Waals surface area contributed by atoms with Crippen molar-refractivity contribution in [3.8, 4) is 17.2 Å². The number of rotatable bonds is 5. The van der Waals surface area contributed by atoms with Crippen LogP contribution in [0.5, 0.6) is 0 Å². The Hall–Kier alpha value is -3.81. The summed E-state index contributed by atoms with van der Waals surface area (Å²) in [6.45, 7) is 8.77. The molecule has 0 aliphatic carbocycles. The molecule has 0 unspecified atom stereocenters. The fourth-order valence-corrected chi connectivity index (χ4v) is 4.57. The fraction of sp³-hybridized carbons (Fsp3) is 0.346. The fourth-order valence-electron chi connectivity index (χ4n) is 4.57. The molecule has 4 aromatic rings. The van der Waals surface area contributed by atoms with E-state index < -0.39 is 0 Å². The number of aryl methyl sites for hydroxylation is 5. The highest BCUT2D eigenvalue weighted by molar-refractivity contribution is 5.92. The summed E-state index contributed by atoms with van der Waals surface area (Å²) in [5.74, 6) is 1.61. The molecular weight excluding hydrogens is 426 g/mol. The zero-order valence-electron chi connectivity index (χ0n) is 20.1. The van der Waals surface area contributed by atoms with Crippen molar-refractivity contribution in [2.45, 2.75) is 59.9 Å². The summed E-state index contributed by atoms with van der Waals surface area (Å²) in [5.41, 5.74) is 7.13. The van der Waals surface area contributed by atoms with Gasteiger partial charge in [-0.3, -0.25) is 4.79 Å². The summed E-state index contributed by atoms with van der Waals surface area (Å²) in [4.78, 5) is 26.6. The van der Waals surface area contributed by atoms with Crippen molar-refractivity contribution in [1.29, 1.82) is 0 Å². The summed E-state index contributed by atoms with van der Waals surface area (Å²) >= 11 is 0. The van der Waals surface area contributed by atoms with Crippen molar-refractivity contribution in [1.82, 2.24) is 29.3 Å². The lowest BCUT2D eigenvalue weighted by molar-refractivity contribution is -0.115. The van der Waals surface area contributed by atoms with Crippen LogP contribution in [0.15, 0.2) is 36.5 Å². The average Bonchev–Trinajstić information content (AvgIpc) is 3.35. The Labute approximate surface area is 199 Å². The van der Waals surface area contributed by atoms with E-state index in [1.807, 2.05) is 58.0 Å². The molecule has 34 heavy (non-hydrogen) atoms. The molecule has 1 N–H and O–H groups in total. The maximum absolute atomic E-state index is 12.8. The topological polar surface area (TPSA) is 90.5 Å². The summed E-state index contributed by atoms with van der Waals surface area (Å²) < 4.78 is 3.97. The number of hydrogen-bond acceptors (Lipinski definition) is 5. The number of carbonyl (C=O) groups excluding carboxylic acids is 1. The first-order valence-corrected chi connectivity index (χ1v) is 11.7. The van der Waals surface area contributed by atoms with Crippen LogP contribution < -0.4 is 5.32 Å². The van der Waals surface area contributed by atoms with E-state index in [1.165, 1.54) is 12.8 Å². The number of nitrogens with one attached hydrogen (secondary N) is 1. The molecule has 0 radical (unpaired) electrons. The zero-order valence-corrected chi connectivity index (χ0v) is 20.1. The third kappa shape index (κ3) is 4.35. The number of aromatic nitrogens is 6. The molecule has 174 valence electrons. The molecule has 0 fully saturated rings. The first-order chi connectivity index (χ1) is 16.4. The summed E-state index contributed by atoms with van der Waals surface area (Å²) in [5, 5.41) is 7.61. The molecule has 0 bridgehead atoms. The predicted octanol–water partition coefficient (Wildman–Crippen LogP) is 4.28. The maximum Gasteiger partial charge on any atom is 0.251 e. The lowest BCUT2D eigenvalue weighted by Gasteiger charge is -2.11. The van der Waals surface area contributed by atoms with Gasteiger partial charge in [-0.1, -0.05) is 12.1 Å². The van der Waals surface area contributed by atoms with Crippen molar-refractivity contribution < 1.29 is 4.79 Å². The van der Waals surface area contributed by atoms with E-state index in [2.05, 4.69) is 31.1 Å². The van der Waals surface area contributed by atoms with Crippen LogP contribution in [0.25, 0.3) is 17.2 Å². The van der Waals surface area contributed by atoms with Gasteiger partial charge < -0.3 is 9.88 Å². The molecule has 0 saturated carbocycles. The zero-order chi connectivity index (χ0) is 23.8.